The van der Waals surface area contributed by atoms with Gasteiger partial charge in [-0.1, -0.05) is 66.7 Å². The monoisotopic (exact) mass is 459 g/mol. The second-order valence-electron chi connectivity index (χ2n) is 7.98. The second-order valence-corrected chi connectivity index (χ2v) is 7.98. The highest BCUT2D eigenvalue weighted by Gasteiger charge is 2.16. The maximum absolute atomic E-state index is 4.85. The molecule has 0 unspecified atom stereocenters. The second kappa shape index (κ2) is 9.14. The normalized spacial score (nSPS) is 11.1. The highest BCUT2D eigenvalue weighted by molar-refractivity contribution is 5.81. The summed E-state index contributed by atoms with van der Waals surface area (Å²) in [4.78, 5) is 14.2. The Morgan fingerprint density at radius 2 is 1.63 bits per heavy atom. The van der Waals surface area contributed by atoms with Gasteiger partial charge in [-0.15, -0.1) is 10.2 Å². The highest BCUT2D eigenvalue weighted by atomic mass is 15.5. The van der Waals surface area contributed by atoms with Gasteiger partial charge in [-0.3, -0.25) is 4.57 Å². The van der Waals surface area contributed by atoms with Gasteiger partial charge in [-0.05, 0) is 29.3 Å². The van der Waals surface area contributed by atoms with Gasteiger partial charge in [-0.2, -0.15) is 10.2 Å². The molecule has 35 heavy (non-hydrogen) atoms. The van der Waals surface area contributed by atoms with Crippen LogP contribution in [0.15, 0.2) is 91.3 Å². The molecule has 0 saturated carbocycles. The maximum atomic E-state index is 4.85. The quantitative estimate of drug-likeness (QED) is 0.366. The number of tetrazole rings is 1. The van der Waals surface area contributed by atoms with Crippen molar-refractivity contribution in [3.63, 3.8) is 0 Å². The van der Waals surface area contributed by atoms with Gasteiger partial charge in [0.15, 0.2) is 0 Å². The Bertz CT molecular complexity index is 1570. The fourth-order valence-electron chi connectivity index (χ4n) is 4.06. The predicted molar refractivity (Wildman–Crippen MR) is 134 cm³/mol. The Kier molecular flexibility index (Phi) is 5.40. The van der Waals surface area contributed by atoms with Crippen molar-refractivity contribution >= 4 is 17.0 Å². The summed E-state index contributed by atoms with van der Waals surface area (Å²) in [6, 6.07) is 28.1. The molecular formula is C26H21N9. The highest BCUT2D eigenvalue weighted by Crippen LogP contribution is 2.30. The molecule has 3 heterocycles. The van der Waals surface area contributed by atoms with E-state index in [1.807, 2.05) is 77.4 Å². The topological polar surface area (TPSA) is 110 Å². The van der Waals surface area contributed by atoms with E-state index in [0.29, 0.717) is 24.1 Å². The lowest BCUT2D eigenvalue weighted by molar-refractivity contribution is 0.881. The first kappa shape index (κ1) is 20.7. The fourth-order valence-corrected chi connectivity index (χ4v) is 4.06. The van der Waals surface area contributed by atoms with Crippen LogP contribution in [-0.4, -0.2) is 46.7 Å². The minimum absolute atomic E-state index is 0.507. The first-order valence-electron chi connectivity index (χ1n) is 11.3. The molecule has 3 aromatic carbocycles. The fraction of sp³-hybridized carbons (Fsp3) is 0.0769. The predicted octanol–water partition coefficient (Wildman–Crippen LogP) is 4.32. The Hall–Kier alpha value is -4.92. The number of aromatic amines is 1. The number of aromatic nitrogens is 8. The van der Waals surface area contributed by atoms with Crippen LogP contribution in [0.3, 0.4) is 0 Å². The van der Waals surface area contributed by atoms with E-state index in [1.165, 1.54) is 5.56 Å². The van der Waals surface area contributed by atoms with Crippen LogP contribution in [0.2, 0.25) is 0 Å². The van der Waals surface area contributed by atoms with Crippen molar-refractivity contribution in [2.24, 2.45) is 0 Å². The standard InChI is InChI=1S/C26H21N9/c1-2-8-18(9-3-1)14-15-27-26-29-22(19-10-4-5-11-20(19)25-31-33-34-32-25)16-24(30-26)35-17-28-21-12-6-7-13-23(21)35/h1-13,16-17H,14-15H2,(H,27,29,30)(H,31,32,33,34). The van der Waals surface area contributed by atoms with Crippen LogP contribution < -0.4 is 5.32 Å². The molecule has 170 valence electrons. The van der Waals surface area contributed by atoms with Gasteiger partial charge < -0.3 is 5.32 Å². The van der Waals surface area contributed by atoms with E-state index < -0.39 is 0 Å². The van der Waals surface area contributed by atoms with Crippen LogP contribution in [0.1, 0.15) is 5.56 Å². The van der Waals surface area contributed by atoms with E-state index in [2.05, 4.69) is 43.1 Å². The molecule has 0 spiro atoms. The molecule has 6 aromatic rings. The lowest BCUT2D eigenvalue weighted by Gasteiger charge is -2.12. The third-order valence-corrected chi connectivity index (χ3v) is 5.74. The number of imidazole rings is 1. The third kappa shape index (κ3) is 4.22. The van der Waals surface area contributed by atoms with Crippen LogP contribution in [0.5, 0.6) is 0 Å². The molecule has 0 bridgehead atoms. The van der Waals surface area contributed by atoms with E-state index in [-0.39, 0.29) is 0 Å². The van der Waals surface area contributed by atoms with Gasteiger partial charge in [0, 0.05) is 23.7 Å². The minimum atomic E-state index is 0.507. The molecule has 3 aromatic heterocycles. The third-order valence-electron chi connectivity index (χ3n) is 5.74. The molecule has 6 rings (SSSR count). The number of hydrogen-bond acceptors (Lipinski definition) is 7. The number of H-pyrrole nitrogens is 1. The number of para-hydroxylation sites is 2. The van der Waals surface area contributed by atoms with Crippen LogP contribution in [0.25, 0.3) is 39.5 Å². The maximum Gasteiger partial charge on any atom is 0.225 e. The van der Waals surface area contributed by atoms with Crippen LogP contribution in [0.4, 0.5) is 5.95 Å². The van der Waals surface area contributed by atoms with Crippen molar-refractivity contribution in [2.45, 2.75) is 6.42 Å². The molecule has 0 fully saturated rings. The molecule has 0 aliphatic rings. The number of rotatable bonds is 7. The van der Waals surface area contributed by atoms with E-state index in [0.717, 1.165) is 34.3 Å². The van der Waals surface area contributed by atoms with Crippen molar-refractivity contribution in [1.82, 2.24) is 40.1 Å². The zero-order valence-electron chi connectivity index (χ0n) is 18.7. The lowest BCUT2D eigenvalue weighted by Crippen LogP contribution is -2.10. The molecular weight excluding hydrogens is 438 g/mol. The van der Waals surface area contributed by atoms with Gasteiger partial charge in [-0.25, -0.2) is 9.97 Å². The lowest BCUT2D eigenvalue weighted by atomic mass is 10.0. The smallest absolute Gasteiger partial charge is 0.225 e. The first-order chi connectivity index (χ1) is 17.3. The molecule has 0 aliphatic heterocycles. The molecule has 0 aliphatic carbocycles. The van der Waals surface area contributed by atoms with Crippen molar-refractivity contribution in [3.05, 3.63) is 96.8 Å². The van der Waals surface area contributed by atoms with Crippen LogP contribution in [0, 0.1) is 0 Å². The average Bonchev–Trinajstić information content (AvgIpc) is 3.60. The zero-order valence-corrected chi connectivity index (χ0v) is 18.7. The van der Waals surface area contributed by atoms with Gasteiger partial charge in [0.05, 0.1) is 16.7 Å². The van der Waals surface area contributed by atoms with Crippen LogP contribution >= 0.6 is 0 Å². The largest absolute Gasteiger partial charge is 0.354 e. The summed E-state index contributed by atoms with van der Waals surface area (Å²) in [6.07, 6.45) is 2.65. The van der Waals surface area contributed by atoms with Crippen molar-refractivity contribution in [3.8, 4) is 28.5 Å². The number of nitrogens with zero attached hydrogens (tertiary/aromatic N) is 7. The number of fused-ring (bicyclic) bond motifs is 1. The minimum Gasteiger partial charge on any atom is -0.354 e. The van der Waals surface area contributed by atoms with Gasteiger partial charge in [0.25, 0.3) is 0 Å². The molecule has 0 radical (unpaired) electrons. The molecule has 0 amide bonds. The molecule has 0 atom stereocenters. The van der Waals surface area contributed by atoms with E-state index >= 15 is 0 Å². The number of anilines is 1. The SMILES string of the molecule is c1ccc(CCNc2nc(-c3ccccc3-c3nn[nH]n3)cc(-n3cnc4ccccc43)n2)cc1. The number of nitrogens with one attached hydrogen (secondary N) is 2. The van der Waals surface area contributed by atoms with E-state index in [1.54, 1.807) is 6.33 Å². The van der Waals surface area contributed by atoms with E-state index in [9.17, 15) is 0 Å². The summed E-state index contributed by atoms with van der Waals surface area (Å²) in [5.41, 5.74) is 5.58. The summed E-state index contributed by atoms with van der Waals surface area (Å²) >= 11 is 0. The van der Waals surface area contributed by atoms with Gasteiger partial charge in [0.1, 0.15) is 12.1 Å². The average molecular weight is 460 g/mol. The Morgan fingerprint density at radius 1 is 0.829 bits per heavy atom. The van der Waals surface area contributed by atoms with Gasteiger partial charge >= 0.3 is 0 Å². The van der Waals surface area contributed by atoms with Gasteiger partial charge in [0.2, 0.25) is 11.8 Å². The zero-order chi connectivity index (χ0) is 23.5. The summed E-state index contributed by atoms with van der Waals surface area (Å²) in [5, 5.41) is 18.0. The number of hydrogen-bond donors (Lipinski definition) is 2. The van der Waals surface area contributed by atoms with Crippen molar-refractivity contribution in [2.75, 3.05) is 11.9 Å². The Morgan fingerprint density at radius 3 is 2.49 bits per heavy atom. The van der Waals surface area contributed by atoms with Crippen molar-refractivity contribution < 1.29 is 0 Å². The molecule has 2 N–H and O–H groups in total. The molecule has 0 saturated heterocycles. The van der Waals surface area contributed by atoms with E-state index in [4.69, 9.17) is 9.97 Å². The molecule has 9 nitrogen and oxygen atoms in total. The Balaban J connectivity index is 1.43. The summed E-state index contributed by atoms with van der Waals surface area (Å²) in [6.45, 7) is 0.698. The number of benzene rings is 3. The first-order valence-corrected chi connectivity index (χ1v) is 11.3. The Labute approximate surface area is 200 Å². The van der Waals surface area contributed by atoms with Crippen molar-refractivity contribution in [1.29, 1.82) is 0 Å². The van der Waals surface area contributed by atoms with Crippen LogP contribution in [-0.2, 0) is 6.42 Å². The summed E-state index contributed by atoms with van der Waals surface area (Å²) < 4.78 is 1.97. The summed E-state index contributed by atoms with van der Waals surface area (Å²) in [7, 11) is 0. The summed E-state index contributed by atoms with van der Waals surface area (Å²) in [5.74, 6) is 1.76. The molecule has 9 heteroatoms.